The number of pyridine rings is 1. The third-order valence-electron chi connectivity index (χ3n) is 5.21. The number of benzene rings is 1. The van der Waals surface area contributed by atoms with Crippen molar-refractivity contribution in [1.29, 1.82) is 0 Å². The van der Waals surface area contributed by atoms with Crippen molar-refractivity contribution in [2.45, 2.75) is 31.3 Å². The molecule has 0 spiro atoms. The van der Waals surface area contributed by atoms with E-state index < -0.39 is 0 Å². The van der Waals surface area contributed by atoms with E-state index in [2.05, 4.69) is 27.8 Å². The molecule has 2 saturated heterocycles. The largest absolute Gasteiger partial charge is 0.376 e. The maximum absolute atomic E-state index is 12.5. The van der Waals surface area contributed by atoms with Gasteiger partial charge in [-0.05, 0) is 24.5 Å². The number of hydrogen-bond acceptors (Lipinski definition) is 4. The lowest BCUT2D eigenvalue weighted by molar-refractivity contribution is -0.117. The summed E-state index contributed by atoms with van der Waals surface area (Å²) in [5, 5.41) is 5.54. The molecule has 0 aliphatic carbocycles. The van der Waals surface area contributed by atoms with E-state index in [1.54, 1.807) is 23.2 Å². The Kier molecular flexibility index (Phi) is 5.53. The zero-order valence-electron chi connectivity index (χ0n) is 15.6. The van der Waals surface area contributed by atoms with Gasteiger partial charge in [0, 0.05) is 50.0 Å². The van der Waals surface area contributed by atoms with Crippen LogP contribution in [-0.4, -0.2) is 42.7 Å². The van der Waals surface area contributed by atoms with Crippen LogP contribution in [0, 0.1) is 0 Å². The molecule has 2 aromatic rings. The molecule has 4 rings (SSSR count). The highest BCUT2D eigenvalue weighted by Gasteiger charge is 2.31. The van der Waals surface area contributed by atoms with Crippen molar-refractivity contribution in [3.63, 3.8) is 0 Å². The third-order valence-corrected chi connectivity index (χ3v) is 5.21. The lowest BCUT2D eigenvalue weighted by Crippen LogP contribution is -2.35. The average Bonchev–Trinajstić information content (AvgIpc) is 3.37. The molecule has 7 heteroatoms. The summed E-state index contributed by atoms with van der Waals surface area (Å²) in [5.41, 5.74) is 1.91. The average molecular weight is 380 g/mol. The number of aromatic nitrogens is 1. The monoisotopic (exact) mass is 380 g/mol. The molecular weight excluding hydrogens is 356 g/mol. The van der Waals surface area contributed by atoms with Crippen molar-refractivity contribution in [3.8, 4) is 0 Å². The molecule has 2 fully saturated rings. The standard InChI is InChI=1S/C21H24N4O3/c26-20-11-16(15-5-2-1-3-6-15)14-25(20)17-8-9-22-19(12-17)24-21(27)23-13-18-7-4-10-28-18/h1-3,5-6,8-9,12,16,18H,4,7,10-11,13-14H2,(H2,22,23,24,27)/t16-,18+/m0/s1. The zero-order chi connectivity index (χ0) is 19.3. The van der Waals surface area contributed by atoms with Crippen LogP contribution >= 0.6 is 0 Å². The van der Waals surface area contributed by atoms with Crippen LogP contribution in [0.4, 0.5) is 16.3 Å². The van der Waals surface area contributed by atoms with Gasteiger partial charge in [0.15, 0.2) is 0 Å². The minimum absolute atomic E-state index is 0.0776. The molecule has 0 saturated carbocycles. The van der Waals surface area contributed by atoms with Gasteiger partial charge in [0.25, 0.3) is 0 Å². The number of nitrogens with one attached hydrogen (secondary N) is 2. The summed E-state index contributed by atoms with van der Waals surface area (Å²) < 4.78 is 5.50. The van der Waals surface area contributed by atoms with E-state index in [1.807, 2.05) is 18.2 Å². The van der Waals surface area contributed by atoms with Gasteiger partial charge >= 0.3 is 6.03 Å². The quantitative estimate of drug-likeness (QED) is 0.835. The van der Waals surface area contributed by atoms with Crippen LogP contribution in [0.3, 0.4) is 0 Å². The Bertz CT molecular complexity index is 837. The molecule has 2 aliphatic heterocycles. The van der Waals surface area contributed by atoms with Gasteiger partial charge in [0.2, 0.25) is 5.91 Å². The number of amides is 3. The highest BCUT2D eigenvalue weighted by molar-refractivity contribution is 5.97. The summed E-state index contributed by atoms with van der Waals surface area (Å²) in [5.74, 6) is 0.667. The molecule has 3 heterocycles. The van der Waals surface area contributed by atoms with Crippen molar-refractivity contribution in [3.05, 3.63) is 54.2 Å². The van der Waals surface area contributed by atoms with E-state index in [-0.39, 0.29) is 24.0 Å². The Morgan fingerprint density at radius 1 is 1.25 bits per heavy atom. The van der Waals surface area contributed by atoms with Gasteiger partial charge in [-0.1, -0.05) is 30.3 Å². The van der Waals surface area contributed by atoms with Crippen LogP contribution in [0.15, 0.2) is 48.7 Å². The lowest BCUT2D eigenvalue weighted by atomic mass is 9.99. The van der Waals surface area contributed by atoms with Crippen LogP contribution in [0.25, 0.3) is 0 Å². The second kappa shape index (κ2) is 8.39. The van der Waals surface area contributed by atoms with Crippen molar-refractivity contribution < 1.29 is 14.3 Å². The van der Waals surface area contributed by atoms with Crippen molar-refractivity contribution in [1.82, 2.24) is 10.3 Å². The maximum Gasteiger partial charge on any atom is 0.320 e. The van der Waals surface area contributed by atoms with Crippen LogP contribution in [0.1, 0.15) is 30.7 Å². The molecule has 0 bridgehead atoms. The second-order valence-corrected chi connectivity index (χ2v) is 7.19. The molecular formula is C21H24N4O3. The first-order valence-electron chi connectivity index (χ1n) is 9.67. The number of hydrogen-bond donors (Lipinski definition) is 2. The molecule has 1 aromatic heterocycles. The SMILES string of the molecule is O=C(NC[C@H]1CCCO1)Nc1cc(N2C[C@@H](c3ccccc3)CC2=O)ccn1. The molecule has 3 amide bonds. The molecule has 7 nitrogen and oxygen atoms in total. The fourth-order valence-electron chi connectivity index (χ4n) is 3.73. The Labute approximate surface area is 164 Å². The summed E-state index contributed by atoms with van der Waals surface area (Å²) in [6.45, 7) is 1.86. The predicted molar refractivity (Wildman–Crippen MR) is 106 cm³/mol. The molecule has 2 aliphatic rings. The summed E-state index contributed by atoms with van der Waals surface area (Å²) in [4.78, 5) is 30.6. The normalized spacial score (nSPS) is 21.7. The number of urea groups is 1. The zero-order valence-corrected chi connectivity index (χ0v) is 15.6. The minimum atomic E-state index is -0.324. The fourth-order valence-corrected chi connectivity index (χ4v) is 3.73. The second-order valence-electron chi connectivity index (χ2n) is 7.19. The van der Waals surface area contributed by atoms with Crippen LogP contribution in [0.2, 0.25) is 0 Å². The maximum atomic E-state index is 12.5. The van der Waals surface area contributed by atoms with E-state index in [9.17, 15) is 9.59 Å². The van der Waals surface area contributed by atoms with Gasteiger partial charge in [-0.15, -0.1) is 0 Å². The number of rotatable bonds is 5. The fraction of sp³-hybridized carbons (Fsp3) is 0.381. The predicted octanol–water partition coefficient (Wildman–Crippen LogP) is 2.90. The van der Waals surface area contributed by atoms with E-state index in [0.717, 1.165) is 25.1 Å². The van der Waals surface area contributed by atoms with Crippen LogP contribution < -0.4 is 15.5 Å². The molecule has 1 aromatic carbocycles. The summed E-state index contributed by atoms with van der Waals surface area (Å²) >= 11 is 0. The molecule has 0 radical (unpaired) electrons. The van der Waals surface area contributed by atoms with Gasteiger partial charge in [0.1, 0.15) is 5.82 Å². The van der Waals surface area contributed by atoms with E-state index in [1.165, 1.54) is 5.56 Å². The van der Waals surface area contributed by atoms with Gasteiger partial charge < -0.3 is 15.0 Å². The first kappa shape index (κ1) is 18.4. The number of ether oxygens (including phenoxy) is 1. The molecule has 2 atom stereocenters. The minimum Gasteiger partial charge on any atom is -0.376 e. The van der Waals surface area contributed by atoms with Gasteiger partial charge in [-0.2, -0.15) is 0 Å². The summed E-state index contributed by atoms with van der Waals surface area (Å²) in [6.07, 6.45) is 4.17. The van der Waals surface area contributed by atoms with Crippen LogP contribution in [0.5, 0.6) is 0 Å². The molecule has 0 unspecified atom stereocenters. The summed E-state index contributed by atoms with van der Waals surface area (Å²) in [7, 11) is 0. The van der Waals surface area contributed by atoms with Gasteiger partial charge in [0.05, 0.1) is 6.10 Å². The summed E-state index contributed by atoms with van der Waals surface area (Å²) in [6, 6.07) is 13.3. The number of carbonyl (C=O) groups excluding carboxylic acids is 2. The molecule has 2 N–H and O–H groups in total. The van der Waals surface area contributed by atoms with Crippen molar-refractivity contribution >= 4 is 23.4 Å². The highest BCUT2D eigenvalue weighted by Crippen LogP contribution is 2.32. The highest BCUT2D eigenvalue weighted by atomic mass is 16.5. The Morgan fingerprint density at radius 3 is 2.89 bits per heavy atom. The van der Waals surface area contributed by atoms with E-state index >= 15 is 0 Å². The molecule has 146 valence electrons. The molecule has 28 heavy (non-hydrogen) atoms. The topological polar surface area (TPSA) is 83.6 Å². The van der Waals surface area contributed by atoms with Crippen molar-refractivity contribution in [2.75, 3.05) is 29.9 Å². The van der Waals surface area contributed by atoms with Crippen LogP contribution in [-0.2, 0) is 9.53 Å². The number of anilines is 2. The lowest BCUT2D eigenvalue weighted by Gasteiger charge is -2.18. The van der Waals surface area contributed by atoms with Crippen molar-refractivity contribution in [2.24, 2.45) is 0 Å². The van der Waals surface area contributed by atoms with E-state index in [0.29, 0.717) is 25.3 Å². The van der Waals surface area contributed by atoms with E-state index in [4.69, 9.17) is 4.74 Å². The van der Waals surface area contributed by atoms with Gasteiger partial charge in [-0.3, -0.25) is 10.1 Å². The van der Waals surface area contributed by atoms with Gasteiger partial charge in [-0.25, -0.2) is 9.78 Å². The number of nitrogens with zero attached hydrogens (tertiary/aromatic N) is 2. The Hall–Kier alpha value is -2.93. The number of carbonyl (C=O) groups is 2. The Balaban J connectivity index is 1.38. The first-order valence-corrected chi connectivity index (χ1v) is 9.67. The smallest absolute Gasteiger partial charge is 0.320 e. The Morgan fingerprint density at radius 2 is 2.11 bits per heavy atom. The third kappa shape index (κ3) is 4.31. The first-order chi connectivity index (χ1) is 13.7.